The molecule has 3 rings (SSSR count). The Morgan fingerprint density at radius 1 is 1.31 bits per heavy atom. The highest BCUT2D eigenvalue weighted by Gasteiger charge is 2.17. The van der Waals surface area contributed by atoms with E-state index in [1.807, 2.05) is 0 Å². The third-order valence-corrected chi connectivity index (χ3v) is 3.93. The van der Waals surface area contributed by atoms with Crippen LogP contribution in [0.4, 0.5) is 5.13 Å². The van der Waals surface area contributed by atoms with E-state index in [9.17, 15) is 0 Å². The maximum atomic E-state index is 5.99. The van der Waals surface area contributed by atoms with Crippen LogP contribution in [0, 0.1) is 0 Å². The Morgan fingerprint density at radius 3 is 2.88 bits per heavy atom. The summed E-state index contributed by atoms with van der Waals surface area (Å²) < 4.78 is 6.15. The van der Waals surface area contributed by atoms with Crippen LogP contribution in [0.15, 0.2) is 6.33 Å². The monoisotopic (exact) mass is 256 g/mol. The molecule has 5 nitrogen and oxygen atoms in total. The first kappa shape index (κ1) is 10.2. The third kappa shape index (κ3) is 1.73. The van der Waals surface area contributed by atoms with Crippen molar-refractivity contribution < 1.29 is 4.74 Å². The van der Waals surface area contributed by atoms with Gasteiger partial charge in [-0.1, -0.05) is 22.9 Å². The van der Waals surface area contributed by atoms with E-state index in [4.69, 9.17) is 16.3 Å². The van der Waals surface area contributed by atoms with E-state index in [0.717, 1.165) is 36.1 Å². The molecule has 0 radical (unpaired) electrons. The number of hydrogen-bond donors (Lipinski definition) is 0. The van der Waals surface area contributed by atoms with Crippen LogP contribution in [0.2, 0.25) is 5.15 Å². The van der Waals surface area contributed by atoms with Gasteiger partial charge in [-0.15, -0.1) is 0 Å². The lowest BCUT2D eigenvalue weighted by Gasteiger charge is -2.25. The number of ether oxygens (including phenoxy) is 1. The lowest BCUT2D eigenvalue weighted by atomic mass is 10.5. The minimum Gasteiger partial charge on any atom is -0.378 e. The first-order chi connectivity index (χ1) is 7.84. The molecule has 0 unspecified atom stereocenters. The van der Waals surface area contributed by atoms with Gasteiger partial charge in [-0.3, -0.25) is 0 Å². The van der Waals surface area contributed by atoms with Gasteiger partial charge in [-0.2, -0.15) is 4.98 Å². The number of rotatable bonds is 1. The van der Waals surface area contributed by atoms with E-state index in [2.05, 4.69) is 19.9 Å². The Hall–Kier alpha value is -0.980. The predicted molar refractivity (Wildman–Crippen MR) is 63.3 cm³/mol. The van der Waals surface area contributed by atoms with Gasteiger partial charge in [0, 0.05) is 13.1 Å². The van der Waals surface area contributed by atoms with Crippen molar-refractivity contribution in [2.45, 2.75) is 0 Å². The highest BCUT2D eigenvalue weighted by molar-refractivity contribution is 7.22. The molecule has 0 bridgehead atoms. The molecule has 2 aromatic heterocycles. The van der Waals surface area contributed by atoms with Gasteiger partial charge < -0.3 is 9.64 Å². The number of halogens is 1. The maximum Gasteiger partial charge on any atom is 0.188 e. The number of hydrogen-bond acceptors (Lipinski definition) is 6. The van der Waals surface area contributed by atoms with E-state index < -0.39 is 0 Å². The van der Waals surface area contributed by atoms with Crippen molar-refractivity contribution in [2.24, 2.45) is 0 Å². The molecular formula is C9H9ClN4OS. The second-order valence-electron chi connectivity index (χ2n) is 3.41. The van der Waals surface area contributed by atoms with Crippen molar-refractivity contribution in [3.63, 3.8) is 0 Å². The normalized spacial score (nSPS) is 16.9. The summed E-state index contributed by atoms with van der Waals surface area (Å²) in [6.07, 6.45) is 1.44. The Labute approximate surface area is 101 Å². The molecule has 0 atom stereocenters. The quantitative estimate of drug-likeness (QED) is 0.725. The predicted octanol–water partition coefficient (Wildman–Crippen LogP) is 1.58. The molecule has 0 N–H and O–H groups in total. The molecular weight excluding hydrogens is 248 g/mol. The molecule has 0 saturated carbocycles. The average Bonchev–Trinajstić information content (AvgIpc) is 2.76. The Bertz CT molecular complexity index is 511. The minimum absolute atomic E-state index is 0.474. The number of nitrogens with zero attached hydrogens (tertiary/aromatic N) is 4. The van der Waals surface area contributed by atoms with Gasteiger partial charge in [0.05, 0.1) is 13.2 Å². The van der Waals surface area contributed by atoms with Crippen LogP contribution >= 0.6 is 22.9 Å². The summed E-state index contributed by atoms with van der Waals surface area (Å²) in [5.74, 6) is 0. The second-order valence-corrected chi connectivity index (χ2v) is 4.75. The van der Waals surface area contributed by atoms with Crippen molar-refractivity contribution >= 4 is 38.4 Å². The van der Waals surface area contributed by atoms with Crippen LogP contribution in [0.25, 0.3) is 10.3 Å². The summed E-state index contributed by atoms with van der Waals surface area (Å²) in [4.78, 5) is 14.7. The van der Waals surface area contributed by atoms with Crippen LogP contribution < -0.4 is 4.90 Å². The third-order valence-electron chi connectivity index (χ3n) is 2.42. The zero-order chi connectivity index (χ0) is 11.0. The van der Waals surface area contributed by atoms with E-state index >= 15 is 0 Å². The van der Waals surface area contributed by atoms with Gasteiger partial charge in [-0.25, -0.2) is 9.97 Å². The lowest BCUT2D eigenvalue weighted by Crippen LogP contribution is -2.36. The SMILES string of the molecule is Clc1ncnc2nc(N3CCOCC3)sc12. The largest absolute Gasteiger partial charge is 0.378 e. The lowest BCUT2D eigenvalue weighted by molar-refractivity contribution is 0.122. The van der Waals surface area contributed by atoms with E-state index in [1.165, 1.54) is 17.7 Å². The van der Waals surface area contributed by atoms with Gasteiger partial charge in [0.15, 0.2) is 15.9 Å². The zero-order valence-electron chi connectivity index (χ0n) is 8.39. The maximum absolute atomic E-state index is 5.99. The number of aromatic nitrogens is 3. The molecule has 7 heteroatoms. The fraction of sp³-hybridized carbons (Fsp3) is 0.444. The Morgan fingerprint density at radius 2 is 2.12 bits per heavy atom. The molecule has 1 aliphatic rings. The van der Waals surface area contributed by atoms with Crippen LogP contribution in [-0.4, -0.2) is 41.3 Å². The van der Waals surface area contributed by atoms with Crippen molar-refractivity contribution in [1.29, 1.82) is 0 Å². The van der Waals surface area contributed by atoms with E-state index in [1.54, 1.807) is 0 Å². The van der Waals surface area contributed by atoms with Crippen LogP contribution in [0.3, 0.4) is 0 Å². The average molecular weight is 257 g/mol. The van der Waals surface area contributed by atoms with Gasteiger partial charge in [0.25, 0.3) is 0 Å². The first-order valence-electron chi connectivity index (χ1n) is 4.94. The molecule has 1 fully saturated rings. The van der Waals surface area contributed by atoms with Gasteiger partial charge in [-0.05, 0) is 0 Å². The number of anilines is 1. The zero-order valence-corrected chi connectivity index (χ0v) is 9.96. The topological polar surface area (TPSA) is 51.1 Å². The fourth-order valence-corrected chi connectivity index (χ4v) is 2.80. The molecule has 0 aliphatic carbocycles. The van der Waals surface area contributed by atoms with Crippen molar-refractivity contribution in [2.75, 3.05) is 31.2 Å². The van der Waals surface area contributed by atoms with Gasteiger partial charge >= 0.3 is 0 Å². The molecule has 0 amide bonds. The molecule has 84 valence electrons. The van der Waals surface area contributed by atoms with Crippen LogP contribution in [0.1, 0.15) is 0 Å². The summed E-state index contributed by atoms with van der Waals surface area (Å²) in [5.41, 5.74) is 0.673. The van der Waals surface area contributed by atoms with Crippen LogP contribution in [0.5, 0.6) is 0 Å². The first-order valence-corrected chi connectivity index (χ1v) is 6.14. The standard InChI is InChI=1S/C9H9ClN4OS/c10-7-6-8(12-5-11-7)13-9(16-6)14-1-3-15-4-2-14/h5H,1-4H2. The van der Waals surface area contributed by atoms with E-state index in [-0.39, 0.29) is 0 Å². The van der Waals surface area contributed by atoms with Crippen molar-refractivity contribution in [3.05, 3.63) is 11.5 Å². The smallest absolute Gasteiger partial charge is 0.188 e. The number of fused-ring (bicyclic) bond motifs is 1. The molecule has 2 aromatic rings. The second kappa shape index (κ2) is 4.12. The summed E-state index contributed by atoms with van der Waals surface area (Å²) in [6.45, 7) is 3.22. The highest BCUT2D eigenvalue weighted by atomic mass is 35.5. The molecule has 16 heavy (non-hydrogen) atoms. The number of morpholine rings is 1. The summed E-state index contributed by atoms with van der Waals surface area (Å²) in [6, 6.07) is 0. The molecule has 1 aliphatic heterocycles. The summed E-state index contributed by atoms with van der Waals surface area (Å²) in [5, 5.41) is 1.42. The molecule has 0 spiro atoms. The number of thiazole rings is 1. The fourth-order valence-electron chi connectivity index (χ4n) is 1.61. The van der Waals surface area contributed by atoms with Crippen molar-refractivity contribution in [3.8, 4) is 0 Å². The Kier molecular flexibility index (Phi) is 2.62. The molecule has 3 heterocycles. The summed E-state index contributed by atoms with van der Waals surface area (Å²) >= 11 is 7.52. The molecule has 0 aromatic carbocycles. The van der Waals surface area contributed by atoms with Gasteiger partial charge in [0.2, 0.25) is 0 Å². The Balaban J connectivity index is 2.01. The van der Waals surface area contributed by atoms with Crippen molar-refractivity contribution in [1.82, 2.24) is 15.0 Å². The van der Waals surface area contributed by atoms with Gasteiger partial charge in [0.1, 0.15) is 11.0 Å². The van der Waals surface area contributed by atoms with Crippen LogP contribution in [-0.2, 0) is 4.74 Å². The summed E-state index contributed by atoms with van der Waals surface area (Å²) in [7, 11) is 0. The molecule has 1 saturated heterocycles. The minimum atomic E-state index is 0.474. The van der Waals surface area contributed by atoms with E-state index in [0.29, 0.717) is 10.8 Å². The highest BCUT2D eigenvalue weighted by Crippen LogP contribution is 2.31.